The number of benzene rings is 1. The van der Waals surface area contributed by atoms with Gasteiger partial charge in [0, 0.05) is 22.8 Å². The largest absolute Gasteiger partial charge is 0.364 e. The molecule has 0 aliphatic heterocycles. The Kier molecular flexibility index (Phi) is 2.57. The maximum atomic E-state index is 11.9. The van der Waals surface area contributed by atoms with E-state index in [-0.39, 0.29) is 5.91 Å². The zero-order chi connectivity index (χ0) is 12.4. The van der Waals surface area contributed by atoms with Crippen molar-refractivity contribution in [2.75, 3.05) is 0 Å². The number of aromatic amines is 2. The summed E-state index contributed by atoms with van der Waals surface area (Å²) in [7, 11) is 0. The van der Waals surface area contributed by atoms with Crippen molar-refractivity contribution in [3.8, 4) is 0 Å². The van der Waals surface area contributed by atoms with Crippen molar-refractivity contribution in [1.29, 1.82) is 0 Å². The van der Waals surface area contributed by atoms with Crippen molar-refractivity contribution in [3.63, 3.8) is 0 Å². The number of fused-ring (bicyclic) bond motifs is 1. The second-order valence-electron chi connectivity index (χ2n) is 4.05. The number of carbonyl (C=O) groups is 1. The zero-order valence-corrected chi connectivity index (χ0v) is 9.60. The van der Waals surface area contributed by atoms with Crippen LogP contribution in [0.3, 0.4) is 0 Å². The average Bonchev–Trinajstić information content (AvgIpc) is 3.05. The fourth-order valence-corrected chi connectivity index (χ4v) is 1.83. The van der Waals surface area contributed by atoms with Crippen molar-refractivity contribution in [3.05, 3.63) is 54.0 Å². The highest BCUT2D eigenvalue weighted by Crippen LogP contribution is 2.12. The minimum absolute atomic E-state index is 0.0962. The molecule has 0 bridgehead atoms. The summed E-state index contributed by atoms with van der Waals surface area (Å²) in [6.07, 6.45) is 3.56. The second kappa shape index (κ2) is 4.37. The highest BCUT2D eigenvalue weighted by Gasteiger charge is 2.06. The number of aromatic nitrogens is 3. The van der Waals surface area contributed by atoms with Gasteiger partial charge in [-0.2, -0.15) is 5.10 Å². The van der Waals surface area contributed by atoms with Gasteiger partial charge in [0.2, 0.25) is 0 Å². The van der Waals surface area contributed by atoms with E-state index in [0.29, 0.717) is 12.1 Å². The third-order valence-electron chi connectivity index (χ3n) is 2.81. The molecule has 2 aromatic heterocycles. The molecule has 0 atom stereocenters. The summed E-state index contributed by atoms with van der Waals surface area (Å²) in [4.78, 5) is 15.0. The first-order valence-electron chi connectivity index (χ1n) is 5.66. The molecular formula is C13H12N4O. The molecule has 5 nitrogen and oxygen atoms in total. The Hall–Kier alpha value is -2.56. The van der Waals surface area contributed by atoms with Crippen LogP contribution in [-0.2, 0) is 6.54 Å². The molecule has 1 aromatic carbocycles. The molecule has 0 saturated heterocycles. The summed E-state index contributed by atoms with van der Waals surface area (Å²) in [6.45, 7) is 0.493. The maximum Gasteiger partial charge on any atom is 0.251 e. The smallest absolute Gasteiger partial charge is 0.251 e. The molecule has 90 valence electrons. The van der Waals surface area contributed by atoms with Crippen LogP contribution >= 0.6 is 0 Å². The van der Waals surface area contributed by atoms with E-state index in [1.807, 2.05) is 24.4 Å². The zero-order valence-electron chi connectivity index (χ0n) is 9.60. The van der Waals surface area contributed by atoms with Crippen LogP contribution < -0.4 is 5.32 Å². The number of amides is 1. The van der Waals surface area contributed by atoms with Gasteiger partial charge in [-0.1, -0.05) is 6.07 Å². The first kappa shape index (κ1) is 10.6. The molecule has 3 N–H and O–H groups in total. The minimum atomic E-state index is -0.0962. The molecule has 0 aliphatic rings. The fraction of sp³-hybridized carbons (Fsp3) is 0.0769. The standard InChI is InChI=1S/C13H12N4O/c18-13(15-8-11-2-1-5-14-11)9-3-4-10-7-16-17-12(10)6-9/h1-7,14H,8H2,(H,15,18)(H,16,17). The van der Waals surface area contributed by atoms with Crippen LogP contribution in [-0.4, -0.2) is 21.1 Å². The van der Waals surface area contributed by atoms with E-state index < -0.39 is 0 Å². The Bertz CT molecular complexity index is 669. The van der Waals surface area contributed by atoms with Gasteiger partial charge in [0.05, 0.1) is 18.3 Å². The molecule has 0 unspecified atom stereocenters. The molecule has 0 saturated carbocycles. The molecule has 3 aromatic rings. The predicted octanol–water partition coefficient (Wildman–Crippen LogP) is 1.82. The Morgan fingerprint density at radius 1 is 1.33 bits per heavy atom. The average molecular weight is 240 g/mol. The van der Waals surface area contributed by atoms with Crippen LogP contribution in [0.5, 0.6) is 0 Å². The summed E-state index contributed by atoms with van der Waals surface area (Å²) in [5.74, 6) is -0.0962. The first-order chi connectivity index (χ1) is 8.83. The van der Waals surface area contributed by atoms with Crippen molar-refractivity contribution in [2.45, 2.75) is 6.54 Å². The Balaban J connectivity index is 1.75. The van der Waals surface area contributed by atoms with Gasteiger partial charge in [0.1, 0.15) is 0 Å². The van der Waals surface area contributed by atoms with Crippen LogP contribution in [0.15, 0.2) is 42.7 Å². The normalized spacial score (nSPS) is 10.7. The lowest BCUT2D eigenvalue weighted by Gasteiger charge is -2.03. The quantitative estimate of drug-likeness (QED) is 0.653. The van der Waals surface area contributed by atoms with Gasteiger partial charge in [0.25, 0.3) is 5.91 Å². The molecule has 0 aliphatic carbocycles. The van der Waals surface area contributed by atoms with Gasteiger partial charge in [-0.3, -0.25) is 9.89 Å². The summed E-state index contributed by atoms with van der Waals surface area (Å²) in [5, 5.41) is 10.6. The number of carbonyl (C=O) groups excluding carboxylic acids is 1. The number of hydrogen-bond donors (Lipinski definition) is 3. The first-order valence-corrected chi connectivity index (χ1v) is 5.66. The molecule has 3 rings (SSSR count). The second-order valence-corrected chi connectivity index (χ2v) is 4.05. The summed E-state index contributed by atoms with van der Waals surface area (Å²) >= 11 is 0. The number of H-pyrrole nitrogens is 2. The van der Waals surface area contributed by atoms with Crippen LogP contribution in [0.2, 0.25) is 0 Å². The van der Waals surface area contributed by atoms with Gasteiger partial charge in [-0.25, -0.2) is 0 Å². The number of nitrogens with zero attached hydrogens (tertiary/aromatic N) is 1. The highest BCUT2D eigenvalue weighted by atomic mass is 16.1. The lowest BCUT2D eigenvalue weighted by atomic mass is 10.1. The van der Waals surface area contributed by atoms with Crippen molar-refractivity contribution in [2.24, 2.45) is 0 Å². The summed E-state index contributed by atoms with van der Waals surface area (Å²) in [6, 6.07) is 9.30. The van der Waals surface area contributed by atoms with E-state index >= 15 is 0 Å². The third kappa shape index (κ3) is 1.98. The van der Waals surface area contributed by atoms with Gasteiger partial charge in [0.15, 0.2) is 0 Å². The van der Waals surface area contributed by atoms with Gasteiger partial charge in [-0.05, 0) is 24.3 Å². The van der Waals surface area contributed by atoms with E-state index in [9.17, 15) is 4.79 Å². The highest BCUT2D eigenvalue weighted by molar-refractivity contribution is 5.97. The minimum Gasteiger partial charge on any atom is -0.364 e. The van der Waals surface area contributed by atoms with Crippen LogP contribution in [0.1, 0.15) is 16.1 Å². The van der Waals surface area contributed by atoms with Crippen molar-refractivity contribution in [1.82, 2.24) is 20.5 Å². The predicted molar refractivity (Wildman–Crippen MR) is 68.1 cm³/mol. The van der Waals surface area contributed by atoms with E-state index in [4.69, 9.17) is 0 Å². The van der Waals surface area contributed by atoms with Gasteiger partial charge < -0.3 is 10.3 Å². The van der Waals surface area contributed by atoms with Gasteiger partial charge in [-0.15, -0.1) is 0 Å². The lowest BCUT2D eigenvalue weighted by Crippen LogP contribution is -2.22. The molecule has 0 spiro atoms. The van der Waals surface area contributed by atoms with E-state index in [0.717, 1.165) is 16.6 Å². The fourth-order valence-electron chi connectivity index (χ4n) is 1.83. The Labute approximate surface area is 103 Å². The molecular weight excluding hydrogens is 228 g/mol. The van der Waals surface area contributed by atoms with Crippen LogP contribution in [0, 0.1) is 0 Å². The van der Waals surface area contributed by atoms with Crippen LogP contribution in [0.25, 0.3) is 10.9 Å². The van der Waals surface area contributed by atoms with Crippen LogP contribution in [0.4, 0.5) is 0 Å². The number of hydrogen-bond acceptors (Lipinski definition) is 2. The summed E-state index contributed by atoms with van der Waals surface area (Å²) < 4.78 is 0. The number of rotatable bonds is 3. The van der Waals surface area contributed by atoms with Gasteiger partial charge >= 0.3 is 0 Å². The number of nitrogens with one attached hydrogen (secondary N) is 3. The Morgan fingerprint density at radius 2 is 2.28 bits per heavy atom. The summed E-state index contributed by atoms with van der Waals surface area (Å²) in [5.41, 5.74) is 2.46. The van der Waals surface area contributed by atoms with E-state index in [1.165, 1.54) is 0 Å². The topological polar surface area (TPSA) is 73.6 Å². The van der Waals surface area contributed by atoms with E-state index in [1.54, 1.807) is 18.3 Å². The molecule has 5 heteroatoms. The molecule has 0 radical (unpaired) electrons. The molecule has 18 heavy (non-hydrogen) atoms. The molecule has 0 fully saturated rings. The van der Waals surface area contributed by atoms with Crippen molar-refractivity contribution < 1.29 is 4.79 Å². The monoisotopic (exact) mass is 240 g/mol. The van der Waals surface area contributed by atoms with E-state index in [2.05, 4.69) is 20.5 Å². The SMILES string of the molecule is O=C(NCc1ccc[nH]1)c1ccc2cn[nH]c2c1. The molecule has 2 heterocycles. The lowest BCUT2D eigenvalue weighted by molar-refractivity contribution is 0.0950. The third-order valence-corrected chi connectivity index (χ3v) is 2.81. The molecule has 1 amide bonds. The maximum absolute atomic E-state index is 11.9. The van der Waals surface area contributed by atoms with Crippen molar-refractivity contribution >= 4 is 16.8 Å². The Morgan fingerprint density at radius 3 is 3.11 bits per heavy atom.